The first kappa shape index (κ1) is 15.0. The Labute approximate surface area is 130 Å². The summed E-state index contributed by atoms with van der Waals surface area (Å²) in [5.41, 5.74) is 6.44. The van der Waals surface area contributed by atoms with Crippen molar-refractivity contribution in [3.05, 3.63) is 34.6 Å². The number of amides is 1. The summed E-state index contributed by atoms with van der Waals surface area (Å²) in [6.45, 7) is 0. The molecule has 8 heteroatoms. The van der Waals surface area contributed by atoms with Gasteiger partial charge in [0.1, 0.15) is 0 Å². The van der Waals surface area contributed by atoms with Crippen LogP contribution in [0.2, 0.25) is 10.0 Å². The van der Waals surface area contributed by atoms with Crippen molar-refractivity contribution < 1.29 is 4.79 Å². The van der Waals surface area contributed by atoms with Crippen LogP contribution < -0.4 is 11.1 Å². The van der Waals surface area contributed by atoms with Gasteiger partial charge >= 0.3 is 0 Å². The number of thioether (sulfide) groups is 1. The van der Waals surface area contributed by atoms with E-state index < -0.39 is 0 Å². The third-order valence-electron chi connectivity index (χ3n) is 2.47. The normalized spacial score (nSPS) is 10.6. The highest BCUT2D eigenvalue weighted by Gasteiger charge is 2.09. The number of benzene rings is 1. The number of aryl methyl sites for hydroxylation is 1. The quantitative estimate of drug-likeness (QED) is 0.667. The highest BCUT2D eigenvalue weighted by Crippen LogP contribution is 2.31. The van der Waals surface area contributed by atoms with Crippen molar-refractivity contribution >= 4 is 52.2 Å². The highest BCUT2D eigenvalue weighted by molar-refractivity contribution is 7.99. The van der Waals surface area contributed by atoms with Gasteiger partial charge in [-0.2, -0.15) is 0 Å². The van der Waals surface area contributed by atoms with Gasteiger partial charge in [-0.1, -0.05) is 35.0 Å². The molecule has 1 heterocycles. The summed E-state index contributed by atoms with van der Waals surface area (Å²) in [6, 6.07) is 3.12. The zero-order valence-electron chi connectivity index (χ0n) is 10.6. The van der Waals surface area contributed by atoms with E-state index in [-0.39, 0.29) is 11.7 Å². The molecule has 106 valence electrons. The van der Waals surface area contributed by atoms with E-state index in [1.165, 1.54) is 11.8 Å². The van der Waals surface area contributed by atoms with Gasteiger partial charge < -0.3 is 15.6 Å². The van der Waals surface area contributed by atoms with Crippen LogP contribution in [0.25, 0.3) is 0 Å². The summed E-state index contributed by atoms with van der Waals surface area (Å²) in [5.74, 6) is 0.0692. The van der Waals surface area contributed by atoms with Gasteiger partial charge in [-0.3, -0.25) is 4.79 Å². The molecule has 3 N–H and O–H groups in total. The number of nitrogens with two attached hydrogens (primary N) is 1. The van der Waals surface area contributed by atoms with Crippen LogP contribution in [-0.2, 0) is 11.8 Å². The third-order valence-corrected chi connectivity index (χ3v) is 4.16. The van der Waals surface area contributed by atoms with E-state index in [2.05, 4.69) is 10.3 Å². The number of carbonyl (C=O) groups is 1. The molecule has 0 aliphatic heterocycles. The van der Waals surface area contributed by atoms with E-state index in [1.54, 1.807) is 18.3 Å². The van der Waals surface area contributed by atoms with E-state index in [4.69, 9.17) is 28.9 Å². The van der Waals surface area contributed by atoms with Crippen molar-refractivity contribution in [2.45, 2.75) is 5.16 Å². The zero-order chi connectivity index (χ0) is 14.7. The average Bonchev–Trinajstić information content (AvgIpc) is 2.79. The molecule has 0 radical (unpaired) electrons. The number of carbonyl (C=O) groups excluding carboxylic acids is 1. The summed E-state index contributed by atoms with van der Waals surface area (Å²) in [4.78, 5) is 16.0. The SMILES string of the molecule is Cn1ccnc1SCC(=O)Nc1cc(Cl)c(N)c(Cl)c1. The first-order valence-corrected chi connectivity index (χ1v) is 7.36. The third kappa shape index (κ3) is 3.59. The molecule has 0 saturated carbocycles. The topological polar surface area (TPSA) is 72.9 Å². The predicted molar refractivity (Wildman–Crippen MR) is 83.4 cm³/mol. The molecule has 0 aliphatic carbocycles. The summed E-state index contributed by atoms with van der Waals surface area (Å²) in [5, 5.41) is 4.10. The van der Waals surface area contributed by atoms with Gasteiger partial charge in [0.2, 0.25) is 5.91 Å². The van der Waals surface area contributed by atoms with Crippen LogP contribution >= 0.6 is 35.0 Å². The second-order valence-electron chi connectivity index (χ2n) is 4.01. The second kappa shape index (κ2) is 6.39. The molecule has 1 aromatic heterocycles. The number of hydrogen-bond acceptors (Lipinski definition) is 4. The average molecular weight is 331 g/mol. The lowest BCUT2D eigenvalue weighted by Gasteiger charge is -2.08. The Hall–Kier alpha value is -1.37. The number of nitrogens with zero attached hydrogens (tertiary/aromatic N) is 2. The number of imidazole rings is 1. The van der Waals surface area contributed by atoms with Gasteiger partial charge in [-0.05, 0) is 12.1 Å². The molecule has 0 bridgehead atoms. The smallest absolute Gasteiger partial charge is 0.234 e. The maximum atomic E-state index is 11.8. The van der Waals surface area contributed by atoms with Crippen molar-refractivity contribution in [1.82, 2.24) is 9.55 Å². The van der Waals surface area contributed by atoms with E-state index >= 15 is 0 Å². The first-order chi connectivity index (χ1) is 9.47. The number of nitrogen functional groups attached to an aromatic ring is 1. The minimum atomic E-state index is -0.171. The Morgan fingerprint density at radius 2 is 2.10 bits per heavy atom. The molecular formula is C12H12Cl2N4OS. The molecule has 0 spiro atoms. The number of rotatable bonds is 4. The fraction of sp³-hybridized carbons (Fsp3) is 0.167. The lowest BCUT2D eigenvalue weighted by molar-refractivity contribution is -0.113. The van der Waals surface area contributed by atoms with E-state index in [0.717, 1.165) is 5.16 Å². The van der Waals surface area contributed by atoms with Crippen LogP contribution in [0.3, 0.4) is 0 Å². The Morgan fingerprint density at radius 3 is 2.65 bits per heavy atom. The molecule has 0 fully saturated rings. The molecule has 1 amide bonds. The van der Waals surface area contributed by atoms with Crippen LogP contribution in [0.15, 0.2) is 29.7 Å². The zero-order valence-corrected chi connectivity index (χ0v) is 12.9. The molecule has 2 aromatic rings. The van der Waals surface area contributed by atoms with Gasteiger partial charge in [0.05, 0.1) is 21.5 Å². The molecule has 20 heavy (non-hydrogen) atoms. The van der Waals surface area contributed by atoms with Crippen molar-refractivity contribution in [2.24, 2.45) is 7.05 Å². The Kier molecular flexibility index (Phi) is 4.80. The van der Waals surface area contributed by atoms with Gasteiger partial charge in [0, 0.05) is 25.1 Å². The molecular weight excluding hydrogens is 319 g/mol. The Balaban J connectivity index is 1.96. The minimum absolute atomic E-state index is 0.171. The standard InChI is InChI=1S/C12H12Cl2N4OS/c1-18-3-2-16-12(18)20-6-10(19)17-7-4-8(13)11(15)9(14)5-7/h2-5H,6,15H2,1H3,(H,17,19). The minimum Gasteiger partial charge on any atom is -0.396 e. The highest BCUT2D eigenvalue weighted by atomic mass is 35.5. The van der Waals surface area contributed by atoms with Crippen LogP contribution in [0.1, 0.15) is 0 Å². The molecule has 5 nitrogen and oxygen atoms in total. The largest absolute Gasteiger partial charge is 0.396 e. The Morgan fingerprint density at radius 1 is 1.45 bits per heavy atom. The van der Waals surface area contributed by atoms with Crippen LogP contribution in [0.4, 0.5) is 11.4 Å². The molecule has 0 saturated heterocycles. The van der Waals surface area contributed by atoms with Crippen molar-refractivity contribution in [3.8, 4) is 0 Å². The van der Waals surface area contributed by atoms with E-state index in [0.29, 0.717) is 21.4 Å². The fourth-order valence-electron chi connectivity index (χ4n) is 1.47. The molecule has 0 aliphatic rings. The number of anilines is 2. The van der Waals surface area contributed by atoms with Crippen molar-refractivity contribution in [1.29, 1.82) is 0 Å². The molecule has 1 aromatic carbocycles. The van der Waals surface area contributed by atoms with Crippen molar-refractivity contribution in [3.63, 3.8) is 0 Å². The predicted octanol–water partition coefficient (Wildman–Crippen LogP) is 3.04. The number of aromatic nitrogens is 2. The monoisotopic (exact) mass is 330 g/mol. The number of hydrogen-bond donors (Lipinski definition) is 2. The summed E-state index contributed by atoms with van der Waals surface area (Å²) >= 11 is 13.1. The van der Waals surface area contributed by atoms with Crippen LogP contribution in [-0.4, -0.2) is 21.2 Å². The maximum Gasteiger partial charge on any atom is 0.234 e. The summed E-state index contributed by atoms with van der Waals surface area (Å²) in [7, 11) is 1.87. The van der Waals surface area contributed by atoms with Crippen LogP contribution in [0.5, 0.6) is 0 Å². The summed E-state index contributed by atoms with van der Waals surface area (Å²) < 4.78 is 1.84. The summed E-state index contributed by atoms with van der Waals surface area (Å²) in [6.07, 6.45) is 3.50. The lowest BCUT2D eigenvalue weighted by Crippen LogP contribution is -2.14. The second-order valence-corrected chi connectivity index (χ2v) is 5.77. The van der Waals surface area contributed by atoms with Crippen LogP contribution in [0, 0.1) is 0 Å². The van der Waals surface area contributed by atoms with Gasteiger partial charge in [-0.15, -0.1) is 0 Å². The molecule has 2 rings (SSSR count). The molecule has 0 atom stereocenters. The maximum absolute atomic E-state index is 11.8. The number of nitrogens with one attached hydrogen (secondary N) is 1. The van der Waals surface area contributed by atoms with E-state index in [9.17, 15) is 4.79 Å². The molecule has 0 unspecified atom stereocenters. The van der Waals surface area contributed by atoms with Gasteiger partial charge in [0.15, 0.2) is 5.16 Å². The number of halogens is 2. The first-order valence-electron chi connectivity index (χ1n) is 5.62. The van der Waals surface area contributed by atoms with E-state index in [1.807, 2.05) is 17.8 Å². The lowest BCUT2D eigenvalue weighted by atomic mass is 10.3. The van der Waals surface area contributed by atoms with Gasteiger partial charge in [0.25, 0.3) is 0 Å². The van der Waals surface area contributed by atoms with Gasteiger partial charge in [-0.25, -0.2) is 4.98 Å². The van der Waals surface area contributed by atoms with Crippen molar-refractivity contribution in [2.75, 3.05) is 16.8 Å². The fourth-order valence-corrected chi connectivity index (χ4v) is 2.69. The Bertz CT molecular complexity index is 621.